The van der Waals surface area contributed by atoms with Crippen molar-refractivity contribution < 1.29 is 9.59 Å². The number of aromatic nitrogens is 1. The molecule has 1 heterocycles. The van der Waals surface area contributed by atoms with Crippen molar-refractivity contribution in [2.45, 2.75) is 19.8 Å². The van der Waals surface area contributed by atoms with Crippen LogP contribution in [0.2, 0.25) is 0 Å². The Labute approximate surface area is 151 Å². The molecule has 0 unspecified atom stereocenters. The van der Waals surface area contributed by atoms with Gasteiger partial charge in [-0.05, 0) is 31.2 Å². The largest absolute Gasteiger partial charge is 0.375 e. The minimum atomic E-state index is -0.312. The number of nitrogens with zero attached hydrogens (tertiary/aromatic N) is 2. The van der Waals surface area contributed by atoms with E-state index in [0.29, 0.717) is 22.2 Å². The third-order valence-electron chi connectivity index (χ3n) is 2.83. The third-order valence-corrected chi connectivity index (χ3v) is 4.08. The summed E-state index contributed by atoms with van der Waals surface area (Å²) in [4.78, 5) is 27.6. The molecule has 2 aromatic rings. The van der Waals surface area contributed by atoms with Gasteiger partial charge in [0.05, 0.1) is 18.5 Å². The van der Waals surface area contributed by atoms with E-state index in [1.165, 1.54) is 11.3 Å². The van der Waals surface area contributed by atoms with Gasteiger partial charge in [-0.2, -0.15) is 5.10 Å². The first kappa shape index (κ1) is 18.1. The first-order valence-electron chi connectivity index (χ1n) is 6.99. The van der Waals surface area contributed by atoms with E-state index in [9.17, 15) is 9.59 Å². The summed E-state index contributed by atoms with van der Waals surface area (Å²) in [6.07, 6.45) is 0.176. The van der Waals surface area contributed by atoms with Crippen LogP contribution in [0, 0.1) is 0 Å². The number of halogens is 1. The standard InChI is InChI=1S/C15H16BrN5O2S/c1-9(6-13(22)18-11-4-2-10(16)3-5-11)20-21-14(23)7-12-8-24-15(17)19-12/h2-5,8H,6-7H2,1H3,(H2,17,19)(H,18,22)(H,21,23)/b20-9-. The Morgan fingerprint density at radius 3 is 2.62 bits per heavy atom. The van der Waals surface area contributed by atoms with Gasteiger partial charge in [0, 0.05) is 21.3 Å². The lowest BCUT2D eigenvalue weighted by Crippen LogP contribution is -2.23. The molecule has 24 heavy (non-hydrogen) atoms. The summed E-state index contributed by atoms with van der Waals surface area (Å²) in [5, 5.41) is 8.81. The van der Waals surface area contributed by atoms with E-state index in [-0.39, 0.29) is 24.7 Å². The lowest BCUT2D eigenvalue weighted by molar-refractivity contribution is -0.120. The summed E-state index contributed by atoms with van der Waals surface area (Å²) >= 11 is 4.60. The number of anilines is 2. The molecule has 2 amide bonds. The van der Waals surface area contributed by atoms with Crippen molar-refractivity contribution in [3.05, 3.63) is 39.8 Å². The predicted octanol–water partition coefficient (Wildman–Crippen LogP) is 2.55. The second kappa shape index (κ2) is 8.55. The van der Waals surface area contributed by atoms with Crippen LogP contribution in [0.25, 0.3) is 0 Å². The average molecular weight is 410 g/mol. The van der Waals surface area contributed by atoms with E-state index in [2.05, 4.69) is 36.8 Å². The Kier molecular flexibility index (Phi) is 6.44. The fourth-order valence-corrected chi connectivity index (χ4v) is 2.60. The highest BCUT2D eigenvalue weighted by Crippen LogP contribution is 2.14. The number of hydrogen-bond acceptors (Lipinski definition) is 6. The predicted molar refractivity (Wildman–Crippen MR) is 98.9 cm³/mol. The van der Waals surface area contributed by atoms with Gasteiger partial charge in [0.15, 0.2) is 5.13 Å². The van der Waals surface area contributed by atoms with Crippen LogP contribution in [-0.2, 0) is 16.0 Å². The molecule has 9 heteroatoms. The topological polar surface area (TPSA) is 109 Å². The van der Waals surface area contributed by atoms with Crippen LogP contribution in [-0.4, -0.2) is 22.5 Å². The summed E-state index contributed by atoms with van der Waals surface area (Å²) in [7, 11) is 0. The minimum absolute atomic E-state index is 0.0833. The number of thiazole rings is 1. The Morgan fingerprint density at radius 2 is 2.00 bits per heavy atom. The van der Waals surface area contributed by atoms with Crippen molar-refractivity contribution in [2.75, 3.05) is 11.1 Å². The van der Waals surface area contributed by atoms with Crippen molar-refractivity contribution in [3.8, 4) is 0 Å². The molecule has 7 nitrogen and oxygen atoms in total. The van der Waals surface area contributed by atoms with Crippen LogP contribution in [0.15, 0.2) is 39.2 Å². The maximum absolute atomic E-state index is 11.9. The lowest BCUT2D eigenvalue weighted by Gasteiger charge is -2.05. The SMILES string of the molecule is C/C(CC(=O)Nc1ccc(Br)cc1)=N/NC(=O)Cc1csc(N)n1. The second-order valence-corrected chi connectivity index (χ2v) is 6.77. The second-order valence-electron chi connectivity index (χ2n) is 4.97. The molecule has 2 rings (SSSR count). The third kappa shape index (κ3) is 6.09. The zero-order chi connectivity index (χ0) is 17.5. The van der Waals surface area contributed by atoms with Gasteiger partial charge in [-0.25, -0.2) is 10.4 Å². The van der Waals surface area contributed by atoms with E-state index in [4.69, 9.17) is 5.73 Å². The fourth-order valence-electron chi connectivity index (χ4n) is 1.78. The molecular weight excluding hydrogens is 394 g/mol. The monoisotopic (exact) mass is 409 g/mol. The number of nitrogens with two attached hydrogens (primary N) is 1. The van der Waals surface area contributed by atoms with E-state index in [0.717, 1.165) is 4.47 Å². The zero-order valence-corrected chi connectivity index (χ0v) is 15.3. The van der Waals surface area contributed by atoms with Crippen LogP contribution in [0.4, 0.5) is 10.8 Å². The van der Waals surface area contributed by atoms with Gasteiger partial charge in [0.2, 0.25) is 11.8 Å². The number of benzene rings is 1. The molecule has 0 aliphatic carbocycles. The van der Waals surface area contributed by atoms with Crippen molar-refractivity contribution in [3.63, 3.8) is 0 Å². The molecule has 1 aromatic carbocycles. The van der Waals surface area contributed by atoms with Gasteiger partial charge in [-0.1, -0.05) is 15.9 Å². The normalized spacial score (nSPS) is 11.2. The number of nitrogens with one attached hydrogen (secondary N) is 2. The van der Waals surface area contributed by atoms with Crippen molar-refractivity contribution in [2.24, 2.45) is 5.10 Å². The molecule has 0 spiro atoms. The summed E-state index contributed by atoms with van der Waals surface area (Å²) in [6.45, 7) is 1.67. The summed E-state index contributed by atoms with van der Waals surface area (Å²) in [5.74, 6) is -0.520. The number of carbonyl (C=O) groups excluding carboxylic acids is 2. The number of hydrazone groups is 1. The molecule has 0 saturated heterocycles. The molecule has 0 radical (unpaired) electrons. The van der Waals surface area contributed by atoms with Gasteiger partial charge in [-0.3, -0.25) is 9.59 Å². The number of nitrogen functional groups attached to an aromatic ring is 1. The van der Waals surface area contributed by atoms with Crippen LogP contribution in [0.3, 0.4) is 0 Å². The van der Waals surface area contributed by atoms with Crippen molar-refractivity contribution in [1.29, 1.82) is 0 Å². The molecule has 126 valence electrons. The van der Waals surface area contributed by atoms with E-state index in [1.807, 2.05) is 12.1 Å². The van der Waals surface area contributed by atoms with Gasteiger partial charge in [0.1, 0.15) is 0 Å². The summed E-state index contributed by atoms with van der Waals surface area (Å²) < 4.78 is 0.933. The maximum atomic E-state index is 11.9. The van der Waals surface area contributed by atoms with Crippen LogP contribution >= 0.6 is 27.3 Å². The van der Waals surface area contributed by atoms with E-state index in [1.54, 1.807) is 24.4 Å². The molecule has 1 aromatic heterocycles. The van der Waals surface area contributed by atoms with Crippen molar-refractivity contribution in [1.82, 2.24) is 10.4 Å². The molecule has 4 N–H and O–H groups in total. The Hall–Kier alpha value is -2.26. The van der Waals surface area contributed by atoms with E-state index < -0.39 is 0 Å². The molecule has 0 atom stereocenters. The smallest absolute Gasteiger partial charge is 0.246 e. The highest BCUT2D eigenvalue weighted by Gasteiger charge is 2.08. The zero-order valence-electron chi connectivity index (χ0n) is 12.9. The van der Waals surface area contributed by atoms with Gasteiger partial charge in [-0.15, -0.1) is 11.3 Å². The molecule has 0 bridgehead atoms. The Morgan fingerprint density at radius 1 is 1.29 bits per heavy atom. The average Bonchev–Trinajstić information content (AvgIpc) is 2.92. The fraction of sp³-hybridized carbons (Fsp3) is 0.200. The minimum Gasteiger partial charge on any atom is -0.375 e. The highest BCUT2D eigenvalue weighted by atomic mass is 79.9. The first-order valence-corrected chi connectivity index (χ1v) is 8.67. The molecule has 0 saturated carbocycles. The molecule has 0 aliphatic rings. The van der Waals surface area contributed by atoms with Crippen LogP contribution in [0.1, 0.15) is 19.0 Å². The maximum Gasteiger partial charge on any atom is 0.246 e. The lowest BCUT2D eigenvalue weighted by atomic mass is 10.2. The first-order chi connectivity index (χ1) is 11.4. The number of amides is 2. The summed E-state index contributed by atoms with van der Waals surface area (Å²) in [6, 6.07) is 7.25. The number of carbonyl (C=O) groups is 2. The number of rotatable bonds is 6. The van der Waals surface area contributed by atoms with E-state index >= 15 is 0 Å². The Bertz CT molecular complexity index is 757. The molecule has 0 fully saturated rings. The van der Waals surface area contributed by atoms with Crippen LogP contribution in [0.5, 0.6) is 0 Å². The Balaban J connectivity index is 1.79. The van der Waals surface area contributed by atoms with Gasteiger partial charge < -0.3 is 11.1 Å². The summed E-state index contributed by atoms with van der Waals surface area (Å²) in [5.41, 5.74) is 9.69. The molecular formula is C15H16BrN5O2S. The van der Waals surface area contributed by atoms with Crippen molar-refractivity contribution >= 4 is 55.6 Å². The van der Waals surface area contributed by atoms with Gasteiger partial charge in [0.25, 0.3) is 0 Å². The van der Waals surface area contributed by atoms with Crippen LogP contribution < -0.4 is 16.5 Å². The highest BCUT2D eigenvalue weighted by molar-refractivity contribution is 9.10. The van der Waals surface area contributed by atoms with Gasteiger partial charge >= 0.3 is 0 Å². The number of hydrogen-bond donors (Lipinski definition) is 3. The molecule has 0 aliphatic heterocycles. The quantitative estimate of drug-likeness (QED) is 0.502.